The van der Waals surface area contributed by atoms with Gasteiger partial charge in [0.25, 0.3) is 0 Å². The molecule has 9 heavy (non-hydrogen) atoms. The zero-order valence-electron chi connectivity index (χ0n) is 4.30. The Morgan fingerprint density at radius 2 is 2.11 bits per heavy atom. The van der Waals surface area contributed by atoms with Crippen molar-refractivity contribution in [1.82, 2.24) is 5.48 Å². The predicted molar refractivity (Wildman–Crippen MR) is 24.4 cm³/mol. The van der Waals surface area contributed by atoms with Crippen LogP contribution in [0.25, 0.3) is 0 Å². The fourth-order valence-electron chi connectivity index (χ4n) is 0.0619. The van der Waals surface area contributed by atoms with Gasteiger partial charge in [-0.1, -0.05) is 0 Å². The summed E-state index contributed by atoms with van der Waals surface area (Å²) in [6.07, 6.45) is 0. The standard InChI is InChI=1S/CH5N3O3.K.Li.H/c2-1(3)4-6-7-5;;;/h5H,(H4,2,3,4);;;/q;+1;;/p-1. The van der Waals surface area contributed by atoms with Crippen LogP contribution < -0.4 is 67.9 Å². The molecule has 0 amide bonds. The Kier molecular flexibility index (Phi) is 22.5. The maximum atomic E-state index is 8.90. The van der Waals surface area contributed by atoms with Crippen molar-refractivity contribution in [3.05, 3.63) is 0 Å². The van der Waals surface area contributed by atoms with Crippen molar-refractivity contribution in [3.8, 4) is 0 Å². The molecule has 0 aliphatic rings. The fraction of sp³-hybridized carbons (Fsp3) is 0. The summed E-state index contributed by atoms with van der Waals surface area (Å²) in [6, 6.07) is 0. The van der Waals surface area contributed by atoms with E-state index in [4.69, 9.17) is 10.7 Å². The predicted octanol–water partition coefficient (Wildman–Crippen LogP) is -6.04. The second-order valence-electron chi connectivity index (χ2n) is 0.667. The zero-order chi connectivity index (χ0) is 5.70. The van der Waals surface area contributed by atoms with Gasteiger partial charge in [0.2, 0.25) is 5.96 Å². The van der Waals surface area contributed by atoms with E-state index in [0.717, 1.165) is 0 Å². The number of nitrogens with one attached hydrogen (secondary N) is 2. The average molecular weight is 153 g/mol. The summed E-state index contributed by atoms with van der Waals surface area (Å²) < 4.78 is 0. The first-order valence-electron chi connectivity index (χ1n) is 1.33. The molecule has 0 fully saturated rings. The third kappa shape index (κ3) is 17.7. The molecule has 0 aromatic rings. The summed E-state index contributed by atoms with van der Waals surface area (Å²) in [4.78, 5) is 3.44. The third-order valence-electron chi connectivity index (χ3n) is 0.186. The zero-order valence-corrected chi connectivity index (χ0v) is 7.43. The van der Waals surface area contributed by atoms with Crippen LogP contribution in [0.3, 0.4) is 0 Å². The van der Waals surface area contributed by atoms with Gasteiger partial charge in [-0.05, 0) is 0 Å². The molecule has 0 radical (unpaired) electrons. The second kappa shape index (κ2) is 12.1. The first-order chi connectivity index (χ1) is 3.27. The van der Waals surface area contributed by atoms with E-state index >= 15 is 0 Å². The molecule has 44 valence electrons. The molecule has 0 aliphatic heterocycles. The van der Waals surface area contributed by atoms with Gasteiger partial charge in [-0.15, -0.1) is 4.99 Å². The van der Waals surface area contributed by atoms with Crippen LogP contribution in [0.4, 0.5) is 0 Å². The summed E-state index contributed by atoms with van der Waals surface area (Å²) in [5, 5.41) is 18.0. The third-order valence-corrected chi connectivity index (χ3v) is 0.186. The molecule has 0 aromatic heterocycles. The molecule has 0 atom stereocenters. The van der Waals surface area contributed by atoms with Gasteiger partial charge in [-0.3, -0.25) is 10.4 Å². The van der Waals surface area contributed by atoms with Gasteiger partial charge in [0.1, 0.15) is 0 Å². The summed E-state index contributed by atoms with van der Waals surface area (Å²) in [6.45, 7) is 0. The van der Waals surface area contributed by atoms with Crippen molar-refractivity contribution < 1.29 is 66.7 Å². The van der Waals surface area contributed by atoms with Gasteiger partial charge in [0, 0.05) is 0 Å². The average Bonchev–Trinajstić information content (AvgIpc) is 1.61. The molecule has 0 rings (SSSR count). The van der Waals surface area contributed by atoms with Crippen molar-refractivity contribution in [3.63, 3.8) is 0 Å². The van der Waals surface area contributed by atoms with Crippen molar-refractivity contribution in [1.29, 1.82) is 5.41 Å². The molecule has 8 heteroatoms. The van der Waals surface area contributed by atoms with Crippen molar-refractivity contribution in [2.75, 3.05) is 0 Å². The number of hydroxylamine groups is 1. The Labute approximate surface area is 106 Å². The van der Waals surface area contributed by atoms with Gasteiger partial charge >= 0.3 is 70.2 Å². The SMILES string of the molecule is N=C(N)NOO[O-].[K+].[LiH]. The van der Waals surface area contributed by atoms with Gasteiger partial charge in [-0.2, -0.15) is 0 Å². The van der Waals surface area contributed by atoms with Crippen LogP contribution in [-0.4, -0.2) is 24.8 Å². The normalized spacial score (nSPS) is 6.33. The Balaban J connectivity index is -0.000000180. The van der Waals surface area contributed by atoms with Crippen LogP contribution in [0.5, 0.6) is 0 Å². The first-order valence-corrected chi connectivity index (χ1v) is 1.33. The van der Waals surface area contributed by atoms with E-state index in [2.05, 4.69) is 15.8 Å². The molecule has 0 aliphatic carbocycles. The van der Waals surface area contributed by atoms with Gasteiger partial charge in [0.15, 0.2) is 0 Å². The molecular weight excluding hydrogens is 148 g/mol. The Morgan fingerprint density at radius 1 is 1.67 bits per heavy atom. The first kappa shape index (κ1) is 16.8. The number of guanidine groups is 1. The molecule has 6 nitrogen and oxygen atoms in total. The minimum atomic E-state index is -0.490. The van der Waals surface area contributed by atoms with Crippen LogP contribution in [-0.2, 0) is 10.0 Å². The second-order valence-corrected chi connectivity index (χ2v) is 0.667. The summed E-state index contributed by atoms with van der Waals surface area (Å²) in [7, 11) is 0. The monoisotopic (exact) mass is 153 g/mol. The van der Waals surface area contributed by atoms with Crippen LogP contribution >= 0.6 is 0 Å². The van der Waals surface area contributed by atoms with Gasteiger partial charge in [-0.25, -0.2) is 5.48 Å². The summed E-state index contributed by atoms with van der Waals surface area (Å²) >= 11 is 0. The van der Waals surface area contributed by atoms with Crippen molar-refractivity contribution in [2.45, 2.75) is 0 Å². The summed E-state index contributed by atoms with van der Waals surface area (Å²) in [5.74, 6) is -0.490. The van der Waals surface area contributed by atoms with E-state index in [1.165, 1.54) is 0 Å². The quantitative estimate of drug-likeness (QED) is 0.120. The molecule has 0 heterocycles. The van der Waals surface area contributed by atoms with E-state index in [9.17, 15) is 0 Å². The minimum absolute atomic E-state index is 0. The van der Waals surface area contributed by atoms with Crippen LogP contribution in [0.15, 0.2) is 0 Å². The topological polar surface area (TPSA) is 103 Å². The fourth-order valence-corrected chi connectivity index (χ4v) is 0.0619. The molecule has 0 unspecified atom stereocenters. The van der Waals surface area contributed by atoms with E-state index in [1.807, 2.05) is 0 Å². The number of rotatable bonds is 2. The summed E-state index contributed by atoms with van der Waals surface area (Å²) in [5.41, 5.74) is 6.23. The van der Waals surface area contributed by atoms with Crippen molar-refractivity contribution in [2.24, 2.45) is 5.73 Å². The Bertz CT molecular complexity index is 72.1. The van der Waals surface area contributed by atoms with Crippen LogP contribution in [0, 0.1) is 5.41 Å². The van der Waals surface area contributed by atoms with Gasteiger partial charge < -0.3 is 11.0 Å². The van der Waals surface area contributed by atoms with E-state index in [0.29, 0.717) is 0 Å². The van der Waals surface area contributed by atoms with E-state index < -0.39 is 5.96 Å². The van der Waals surface area contributed by atoms with Crippen LogP contribution in [0.1, 0.15) is 0 Å². The number of hydrogen-bond donors (Lipinski definition) is 3. The van der Waals surface area contributed by atoms with E-state index in [-0.39, 0.29) is 70.2 Å². The molecule has 0 aromatic carbocycles. The Morgan fingerprint density at radius 3 is 2.22 bits per heavy atom. The molecule has 0 spiro atoms. The van der Waals surface area contributed by atoms with Crippen molar-refractivity contribution >= 4 is 24.8 Å². The van der Waals surface area contributed by atoms with E-state index in [1.54, 1.807) is 5.48 Å². The molecular formula is CH5KLiN3O3. The molecule has 0 saturated carbocycles. The van der Waals surface area contributed by atoms with Gasteiger partial charge in [0.05, 0.1) is 0 Å². The maximum absolute atomic E-state index is 8.90. The number of hydrogen-bond acceptors (Lipinski definition) is 4. The molecule has 0 bridgehead atoms. The molecule has 4 N–H and O–H groups in total. The number of nitrogens with two attached hydrogens (primary N) is 1. The van der Waals surface area contributed by atoms with Crippen LogP contribution in [0.2, 0.25) is 0 Å². The Hall–Kier alpha value is 1.38. The molecule has 0 saturated heterocycles.